The van der Waals surface area contributed by atoms with Crippen molar-refractivity contribution in [2.24, 2.45) is 11.5 Å². The lowest BCUT2D eigenvalue weighted by molar-refractivity contribution is -0.141. The molecule has 1 aromatic carbocycles. The van der Waals surface area contributed by atoms with Crippen LogP contribution in [-0.2, 0) is 11.2 Å². The Kier molecular flexibility index (Phi) is 8.29. The van der Waals surface area contributed by atoms with E-state index in [1.807, 2.05) is 24.3 Å². The molecule has 1 saturated carbocycles. The summed E-state index contributed by atoms with van der Waals surface area (Å²) in [6.07, 6.45) is 8.31. The van der Waals surface area contributed by atoms with E-state index in [2.05, 4.69) is 15.2 Å². The molecule has 210 valence electrons. The third kappa shape index (κ3) is 6.48. The second-order valence-electron chi connectivity index (χ2n) is 11.1. The van der Waals surface area contributed by atoms with Crippen molar-refractivity contribution in [3.8, 4) is 5.69 Å². The second kappa shape index (κ2) is 11.8. The van der Waals surface area contributed by atoms with Crippen molar-refractivity contribution in [3.05, 3.63) is 52.6 Å². The number of likely N-dealkylation sites (tertiary alicyclic amines) is 1. The number of nitrogens with one attached hydrogen (secondary N) is 1. The highest BCUT2D eigenvalue weighted by molar-refractivity contribution is 5.89. The number of amides is 3. The Morgan fingerprint density at radius 3 is 2.33 bits per heavy atom. The highest BCUT2D eigenvalue weighted by atomic mass is 16.2. The molecule has 1 aromatic heterocycles. The van der Waals surface area contributed by atoms with Crippen molar-refractivity contribution < 1.29 is 9.59 Å². The van der Waals surface area contributed by atoms with Gasteiger partial charge >= 0.3 is 11.7 Å². The molecular weight excluding hydrogens is 496 g/mol. The molecule has 3 aliphatic rings. The number of carbonyl (C=O) groups is 2. The normalized spacial score (nSPS) is 21.6. The summed E-state index contributed by atoms with van der Waals surface area (Å²) in [5.74, 6) is 0.179. The monoisotopic (exact) mass is 536 g/mol. The van der Waals surface area contributed by atoms with E-state index in [0.717, 1.165) is 70.3 Å². The van der Waals surface area contributed by atoms with Gasteiger partial charge in [-0.25, -0.2) is 9.59 Å². The highest BCUT2D eigenvalue weighted by Gasteiger charge is 2.43. The van der Waals surface area contributed by atoms with E-state index in [0.29, 0.717) is 32.2 Å². The van der Waals surface area contributed by atoms with E-state index in [-0.39, 0.29) is 17.8 Å². The van der Waals surface area contributed by atoms with Crippen LogP contribution in [0.3, 0.4) is 0 Å². The first-order valence-corrected chi connectivity index (χ1v) is 14.1. The fourth-order valence-corrected chi connectivity index (χ4v) is 5.57. The number of aromatic nitrogens is 2. The van der Waals surface area contributed by atoms with Crippen molar-refractivity contribution in [3.63, 3.8) is 0 Å². The number of carbonyl (C=O) groups excluding carboxylic acids is 2. The van der Waals surface area contributed by atoms with Crippen molar-refractivity contribution >= 4 is 17.8 Å². The zero-order chi connectivity index (χ0) is 27.4. The van der Waals surface area contributed by atoms with Crippen LogP contribution in [-0.4, -0.2) is 93.6 Å². The molecule has 11 heteroatoms. The van der Waals surface area contributed by atoms with Gasteiger partial charge in [-0.1, -0.05) is 12.1 Å². The Morgan fingerprint density at radius 2 is 1.67 bits per heavy atom. The van der Waals surface area contributed by atoms with Gasteiger partial charge in [-0.3, -0.25) is 14.7 Å². The number of hydrogen-bond acceptors (Lipinski definition) is 7. The van der Waals surface area contributed by atoms with E-state index in [9.17, 15) is 14.4 Å². The van der Waals surface area contributed by atoms with Gasteiger partial charge < -0.3 is 26.2 Å². The highest BCUT2D eigenvalue weighted by Crippen LogP contribution is 2.31. The maximum atomic E-state index is 12.8. The Labute approximate surface area is 229 Å². The van der Waals surface area contributed by atoms with Crippen LogP contribution in [0.2, 0.25) is 0 Å². The topological polar surface area (TPSA) is 143 Å². The van der Waals surface area contributed by atoms with Crippen molar-refractivity contribution in [1.82, 2.24) is 24.3 Å². The summed E-state index contributed by atoms with van der Waals surface area (Å²) in [4.78, 5) is 48.0. The Morgan fingerprint density at radius 1 is 0.949 bits per heavy atom. The van der Waals surface area contributed by atoms with Crippen LogP contribution < -0.4 is 22.5 Å². The van der Waals surface area contributed by atoms with Crippen LogP contribution in [0, 0.1) is 0 Å². The molecule has 3 heterocycles. The number of benzene rings is 1. The lowest BCUT2D eigenvalue weighted by Crippen LogP contribution is -2.63. The smallest absolute Gasteiger partial charge is 0.338 e. The Hall–Kier alpha value is -3.28. The lowest BCUT2D eigenvalue weighted by atomic mass is 9.76. The molecule has 3 amide bonds. The summed E-state index contributed by atoms with van der Waals surface area (Å²) >= 11 is 0. The van der Waals surface area contributed by atoms with Gasteiger partial charge in [0.25, 0.3) is 0 Å². The fourth-order valence-electron chi connectivity index (χ4n) is 5.57. The largest absolute Gasteiger partial charge is 0.354 e. The molecule has 1 atom stereocenters. The maximum absolute atomic E-state index is 12.8. The number of hydrogen-bond donors (Lipinski definition) is 3. The summed E-state index contributed by atoms with van der Waals surface area (Å²) in [7, 11) is 0. The van der Waals surface area contributed by atoms with Gasteiger partial charge in [0, 0.05) is 45.0 Å². The SMILES string of the molecule is NC1CCCN(CCc2ccc(-n3ccc(NC(=O)N4CCN(C(=O)C5(N)CCC5)CC4)nc3=O)cc2)CC1. The molecule has 1 aliphatic carbocycles. The van der Waals surface area contributed by atoms with Crippen molar-refractivity contribution in [1.29, 1.82) is 0 Å². The molecule has 0 bridgehead atoms. The molecule has 5 N–H and O–H groups in total. The zero-order valence-electron chi connectivity index (χ0n) is 22.6. The van der Waals surface area contributed by atoms with E-state index < -0.39 is 11.2 Å². The van der Waals surface area contributed by atoms with Crippen LogP contribution >= 0.6 is 0 Å². The average Bonchev–Trinajstić information content (AvgIpc) is 3.14. The summed E-state index contributed by atoms with van der Waals surface area (Å²) in [5, 5.41) is 2.71. The van der Waals surface area contributed by atoms with Crippen LogP contribution in [0.4, 0.5) is 10.6 Å². The summed E-state index contributed by atoms with van der Waals surface area (Å²) < 4.78 is 1.46. The van der Waals surface area contributed by atoms with Gasteiger partial charge in [0.15, 0.2) is 0 Å². The summed E-state index contributed by atoms with van der Waals surface area (Å²) in [6, 6.07) is 9.53. The first-order chi connectivity index (χ1) is 18.8. The Bertz CT molecular complexity index is 1220. The minimum absolute atomic E-state index is 0.0188. The van der Waals surface area contributed by atoms with Crippen LogP contribution in [0.1, 0.15) is 44.1 Å². The number of anilines is 1. The van der Waals surface area contributed by atoms with E-state index >= 15 is 0 Å². The molecule has 5 rings (SSSR count). The van der Waals surface area contributed by atoms with Gasteiger partial charge in [-0.2, -0.15) is 4.98 Å². The quantitative estimate of drug-likeness (QED) is 0.503. The molecule has 3 fully saturated rings. The summed E-state index contributed by atoms with van der Waals surface area (Å²) in [5.41, 5.74) is 13.0. The average molecular weight is 537 g/mol. The predicted molar refractivity (Wildman–Crippen MR) is 150 cm³/mol. The van der Waals surface area contributed by atoms with Crippen LogP contribution in [0.25, 0.3) is 5.69 Å². The molecule has 2 saturated heterocycles. The number of nitrogens with zero attached hydrogens (tertiary/aromatic N) is 5. The minimum atomic E-state index is -0.722. The lowest BCUT2D eigenvalue weighted by Gasteiger charge is -2.43. The molecule has 39 heavy (non-hydrogen) atoms. The Balaban J connectivity index is 1.12. The van der Waals surface area contributed by atoms with Gasteiger partial charge in [-0.05, 0) is 81.8 Å². The van der Waals surface area contributed by atoms with Crippen molar-refractivity contribution in [2.75, 3.05) is 51.1 Å². The third-order valence-corrected chi connectivity index (χ3v) is 8.36. The van der Waals surface area contributed by atoms with Gasteiger partial charge in [-0.15, -0.1) is 0 Å². The number of rotatable bonds is 6. The maximum Gasteiger partial charge on any atom is 0.354 e. The van der Waals surface area contributed by atoms with Crippen LogP contribution in [0.5, 0.6) is 0 Å². The first-order valence-electron chi connectivity index (χ1n) is 14.1. The predicted octanol–water partition coefficient (Wildman–Crippen LogP) is 1.15. The van der Waals surface area contributed by atoms with Gasteiger partial charge in [0.2, 0.25) is 5.91 Å². The second-order valence-corrected chi connectivity index (χ2v) is 11.1. The molecular formula is C28H40N8O3. The van der Waals surface area contributed by atoms with Gasteiger partial charge in [0.05, 0.1) is 11.2 Å². The van der Waals surface area contributed by atoms with E-state index in [4.69, 9.17) is 11.5 Å². The molecule has 11 nitrogen and oxygen atoms in total. The van der Waals surface area contributed by atoms with Gasteiger partial charge in [0.1, 0.15) is 5.82 Å². The van der Waals surface area contributed by atoms with Crippen molar-refractivity contribution in [2.45, 2.75) is 56.5 Å². The molecule has 0 radical (unpaired) electrons. The minimum Gasteiger partial charge on any atom is -0.338 e. The zero-order valence-corrected chi connectivity index (χ0v) is 22.6. The molecule has 0 spiro atoms. The van der Waals surface area contributed by atoms with Crippen LogP contribution in [0.15, 0.2) is 41.3 Å². The number of piperazine rings is 1. The van der Waals surface area contributed by atoms with E-state index in [1.165, 1.54) is 10.1 Å². The number of urea groups is 1. The third-order valence-electron chi connectivity index (χ3n) is 8.36. The van der Waals surface area contributed by atoms with E-state index in [1.54, 1.807) is 22.1 Å². The molecule has 2 aliphatic heterocycles. The number of nitrogens with two attached hydrogens (primary N) is 2. The standard InChI is InChI=1S/C28H40N8O3/c29-22-3-1-13-33(15-9-22)14-8-21-4-6-23(7-5-21)36-16-10-24(32-27(36)39)31-26(38)35-19-17-34(18-20-35)25(37)28(30)11-2-12-28/h4-7,10,16,22H,1-3,8-9,11-15,17-20,29-30H2,(H,31,32,38,39). The summed E-state index contributed by atoms with van der Waals surface area (Å²) in [6.45, 7) is 4.85. The molecule has 1 unspecified atom stereocenters. The fraction of sp³-hybridized carbons (Fsp3) is 0.571. The molecule has 2 aromatic rings. The first kappa shape index (κ1) is 27.3.